The largest absolute Gasteiger partial charge is 0.457 e. The number of rotatable bonds is 7. The van der Waals surface area contributed by atoms with Gasteiger partial charge in [0.15, 0.2) is 5.58 Å². The van der Waals surface area contributed by atoms with Crippen LogP contribution in [0.15, 0.2) is 28.8 Å². The van der Waals surface area contributed by atoms with Crippen LogP contribution in [0.1, 0.15) is 24.5 Å². The number of nitro groups is 1. The molecule has 0 N–H and O–H groups in total. The first kappa shape index (κ1) is 17.7. The summed E-state index contributed by atoms with van der Waals surface area (Å²) < 4.78 is 10.7. The SMILES string of the molecule is CCN(CC)CCOC(=O)c1nc2cc([N+](=O)[O-])c3cccnc3c2o1. The second kappa shape index (κ2) is 7.44. The van der Waals surface area contributed by atoms with Crippen molar-refractivity contribution in [2.45, 2.75) is 13.8 Å². The Bertz CT molecular complexity index is 964. The van der Waals surface area contributed by atoms with Crippen molar-refractivity contribution in [3.8, 4) is 0 Å². The number of ether oxygens (including phenoxy) is 1. The molecule has 9 nitrogen and oxygen atoms in total. The van der Waals surface area contributed by atoms with Crippen LogP contribution in [0, 0.1) is 10.1 Å². The highest BCUT2D eigenvalue weighted by molar-refractivity contribution is 6.06. The van der Waals surface area contributed by atoms with Gasteiger partial charge in [0.05, 0.1) is 10.3 Å². The molecule has 136 valence electrons. The molecule has 0 aliphatic carbocycles. The lowest BCUT2D eigenvalue weighted by Gasteiger charge is -2.16. The van der Waals surface area contributed by atoms with Crippen LogP contribution in [0.5, 0.6) is 0 Å². The van der Waals surface area contributed by atoms with Crippen LogP contribution < -0.4 is 0 Å². The van der Waals surface area contributed by atoms with E-state index in [9.17, 15) is 14.9 Å². The first-order chi connectivity index (χ1) is 12.5. The van der Waals surface area contributed by atoms with Crippen molar-refractivity contribution in [2.75, 3.05) is 26.2 Å². The molecule has 3 rings (SSSR count). The minimum atomic E-state index is -0.708. The third kappa shape index (κ3) is 3.33. The molecule has 2 heterocycles. The third-order valence-electron chi connectivity index (χ3n) is 4.13. The van der Waals surface area contributed by atoms with Crippen LogP contribution in [-0.4, -0.2) is 52.0 Å². The quantitative estimate of drug-likeness (QED) is 0.360. The Morgan fingerprint density at radius 2 is 2.15 bits per heavy atom. The van der Waals surface area contributed by atoms with Crippen molar-refractivity contribution < 1.29 is 18.9 Å². The number of carbonyl (C=O) groups is 1. The average Bonchev–Trinajstić information content (AvgIpc) is 3.09. The summed E-state index contributed by atoms with van der Waals surface area (Å²) in [6.07, 6.45) is 1.50. The standard InChI is InChI=1S/C17H18N4O5/c1-3-20(4-2)8-9-25-17(22)16-19-12-10-13(21(23)24)11-6-5-7-18-14(11)15(12)26-16/h5-7,10H,3-4,8-9H2,1-2H3. The van der Waals surface area contributed by atoms with E-state index in [1.54, 1.807) is 12.1 Å². The second-order valence-electron chi connectivity index (χ2n) is 5.58. The lowest BCUT2D eigenvalue weighted by molar-refractivity contribution is -0.383. The van der Waals surface area contributed by atoms with E-state index in [2.05, 4.69) is 14.9 Å². The van der Waals surface area contributed by atoms with Crippen molar-refractivity contribution in [2.24, 2.45) is 0 Å². The molecule has 0 saturated carbocycles. The molecule has 2 aromatic heterocycles. The zero-order chi connectivity index (χ0) is 18.7. The molecule has 1 aromatic carbocycles. The number of pyridine rings is 1. The van der Waals surface area contributed by atoms with Crippen LogP contribution in [0.25, 0.3) is 22.0 Å². The van der Waals surface area contributed by atoms with Crippen molar-refractivity contribution in [3.63, 3.8) is 0 Å². The molecule has 0 radical (unpaired) electrons. The zero-order valence-corrected chi connectivity index (χ0v) is 14.5. The summed E-state index contributed by atoms with van der Waals surface area (Å²) in [5, 5.41) is 11.6. The van der Waals surface area contributed by atoms with Crippen molar-refractivity contribution >= 4 is 33.7 Å². The second-order valence-corrected chi connectivity index (χ2v) is 5.58. The Balaban J connectivity index is 1.90. The number of aromatic nitrogens is 2. The first-order valence-corrected chi connectivity index (χ1v) is 8.27. The maximum atomic E-state index is 12.2. The van der Waals surface area contributed by atoms with Crippen LogP contribution in [0.2, 0.25) is 0 Å². The smallest absolute Gasteiger partial charge is 0.394 e. The van der Waals surface area contributed by atoms with Gasteiger partial charge in [0, 0.05) is 18.8 Å². The summed E-state index contributed by atoms with van der Waals surface area (Å²) in [5.41, 5.74) is 0.558. The van der Waals surface area contributed by atoms with Crippen LogP contribution in [0.4, 0.5) is 5.69 Å². The maximum Gasteiger partial charge on any atom is 0.394 e. The summed E-state index contributed by atoms with van der Waals surface area (Å²) >= 11 is 0. The van der Waals surface area contributed by atoms with E-state index >= 15 is 0 Å². The number of nitro benzene ring substituents is 1. The third-order valence-corrected chi connectivity index (χ3v) is 4.13. The summed E-state index contributed by atoms with van der Waals surface area (Å²) in [6, 6.07) is 4.44. The van der Waals surface area contributed by atoms with Gasteiger partial charge in [-0.3, -0.25) is 15.1 Å². The number of hydrogen-bond acceptors (Lipinski definition) is 8. The van der Waals surface area contributed by atoms with Gasteiger partial charge < -0.3 is 14.1 Å². The molecule has 0 atom stereocenters. The summed E-state index contributed by atoms with van der Waals surface area (Å²) in [5.74, 6) is -0.952. The molecule has 0 fully saturated rings. The van der Waals surface area contributed by atoms with Crippen molar-refractivity contribution in [3.05, 3.63) is 40.4 Å². The van der Waals surface area contributed by atoms with E-state index in [4.69, 9.17) is 9.15 Å². The topological polar surface area (TPSA) is 112 Å². The number of likely N-dealkylation sites (N-methyl/N-ethyl adjacent to an activating group) is 1. The van der Waals surface area contributed by atoms with Gasteiger partial charge in [-0.05, 0) is 25.2 Å². The summed E-state index contributed by atoms with van der Waals surface area (Å²) in [4.78, 5) is 33.2. The Kier molecular flexibility index (Phi) is 5.08. The molecule has 0 saturated heterocycles. The monoisotopic (exact) mass is 358 g/mol. The molecular weight excluding hydrogens is 340 g/mol. The highest BCUT2D eigenvalue weighted by atomic mass is 16.6. The van der Waals surface area contributed by atoms with E-state index in [-0.39, 0.29) is 34.8 Å². The molecule has 26 heavy (non-hydrogen) atoms. The Morgan fingerprint density at radius 1 is 1.38 bits per heavy atom. The van der Waals surface area contributed by atoms with Crippen LogP contribution in [-0.2, 0) is 4.74 Å². The normalized spacial score (nSPS) is 11.3. The number of benzene rings is 1. The van der Waals surface area contributed by atoms with Gasteiger partial charge in [-0.25, -0.2) is 9.78 Å². The zero-order valence-electron chi connectivity index (χ0n) is 14.5. The van der Waals surface area contributed by atoms with E-state index in [1.165, 1.54) is 12.3 Å². The van der Waals surface area contributed by atoms with Gasteiger partial charge in [-0.1, -0.05) is 13.8 Å². The lowest BCUT2D eigenvalue weighted by atomic mass is 10.1. The van der Waals surface area contributed by atoms with Gasteiger partial charge in [-0.2, -0.15) is 0 Å². The molecule has 3 aromatic rings. The van der Waals surface area contributed by atoms with Crippen molar-refractivity contribution in [1.82, 2.24) is 14.9 Å². The van der Waals surface area contributed by atoms with Gasteiger partial charge >= 0.3 is 11.9 Å². The highest BCUT2D eigenvalue weighted by Gasteiger charge is 2.23. The summed E-state index contributed by atoms with van der Waals surface area (Å²) in [7, 11) is 0. The van der Waals surface area contributed by atoms with E-state index in [0.717, 1.165) is 13.1 Å². The summed E-state index contributed by atoms with van der Waals surface area (Å²) in [6.45, 7) is 6.58. The predicted molar refractivity (Wildman–Crippen MR) is 94.0 cm³/mol. The number of fused-ring (bicyclic) bond motifs is 3. The van der Waals surface area contributed by atoms with E-state index in [1.807, 2.05) is 13.8 Å². The minimum absolute atomic E-state index is 0.143. The molecule has 0 aliphatic heterocycles. The van der Waals surface area contributed by atoms with Gasteiger partial charge in [0.2, 0.25) is 0 Å². The maximum absolute atomic E-state index is 12.2. The fourth-order valence-electron chi connectivity index (χ4n) is 2.71. The number of hydrogen-bond donors (Lipinski definition) is 0. The van der Waals surface area contributed by atoms with E-state index < -0.39 is 10.9 Å². The van der Waals surface area contributed by atoms with Crippen LogP contribution in [0.3, 0.4) is 0 Å². The number of carbonyl (C=O) groups excluding carboxylic acids is 1. The molecule has 0 aliphatic rings. The van der Waals surface area contributed by atoms with Gasteiger partial charge in [0.25, 0.3) is 5.69 Å². The number of non-ortho nitro benzene ring substituents is 1. The molecule has 0 unspecified atom stereocenters. The predicted octanol–water partition coefficient (Wildman–Crippen LogP) is 2.78. The molecule has 9 heteroatoms. The van der Waals surface area contributed by atoms with Crippen LogP contribution >= 0.6 is 0 Å². The van der Waals surface area contributed by atoms with E-state index in [0.29, 0.717) is 11.9 Å². The molecule has 0 bridgehead atoms. The minimum Gasteiger partial charge on any atom is -0.457 e. The Labute approximate surface area is 148 Å². The number of esters is 1. The fraction of sp³-hybridized carbons (Fsp3) is 0.353. The average molecular weight is 358 g/mol. The van der Waals surface area contributed by atoms with Gasteiger partial charge in [0.1, 0.15) is 17.6 Å². The Morgan fingerprint density at radius 3 is 2.85 bits per heavy atom. The number of nitrogens with zero attached hydrogens (tertiary/aromatic N) is 4. The Hall–Kier alpha value is -3.07. The lowest BCUT2D eigenvalue weighted by Crippen LogP contribution is -2.27. The first-order valence-electron chi connectivity index (χ1n) is 8.27. The molecule has 0 amide bonds. The molecule has 0 spiro atoms. The molecular formula is C17H18N4O5. The highest BCUT2D eigenvalue weighted by Crippen LogP contribution is 2.32. The van der Waals surface area contributed by atoms with Gasteiger partial charge in [-0.15, -0.1) is 0 Å². The number of oxazole rings is 1. The van der Waals surface area contributed by atoms with Crippen molar-refractivity contribution in [1.29, 1.82) is 0 Å². The fourth-order valence-corrected chi connectivity index (χ4v) is 2.71.